The first-order valence-corrected chi connectivity index (χ1v) is 5.95. The molecular formula is C14H16N2. The highest BCUT2D eigenvalue weighted by Crippen LogP contribution is 2.61. The molecule has 2 heteroatoms. The predicted octanol–water partition coefficient (Wildman–Crippen LogP) is 2.42. The number of nitriles is 1. The lowest BCUT2D eigenvalue weighted by atomic mass is 10.00. The molecule has 0 aromatic heterocycles. The summed E-state index contributed by atoms with van der Waals surface area (Å²) in [6.45, 7) is 4.30. The van der Waals surface area contributed by atoms with E-state index in [4.69, 9.17) is 0 Å². The zero-order valence-electron chi connectivity index (χ0n) is 9.56. The molecule has 1 aromatic rings. The molecule has 3 rings (SSSR count). The molecule has 3 atom stereocenters. The first kappa shape index (κ1) is 9.86. The fraction of sp³-hybridized carbons (Fsp3) is 0.500. The van der Waals surface area contributed by atoms with Crippen molar-refractivity contribution in [1.82, 2.24) is 4.90 Å². The van der Waals surface area contributed by atoms with Crippen LogP contribution in [0.3, 0.4) is 0 Å². The number of piperidine rings is 1. The highest BCUT2D eigenvalue weighted by atomic mass is 15.2. The second-order valence-corrected chi connectivity index (χ2v) is 5.14. The molecule has 1 aliphatic heterocycles. The molecule has 0 spiro atoms. The number of hydrogen-bond donors (Lipinski definition) is 0. The third-order valence-electron chi connectivity index (χ3n) is 4.34. The summed E-state index contributed by atoms with van der Waals surface area (Å²) < 4.78 is 0. The Morgan fingerprint density at radius 3 is 2.81 bits per heavy atom. The van der Waals surface area contributed by atoms with E-state index in [2.05, 4.69) is 42.2 Å². The maximum atomic E-state index is 9.24. The molecule has 1 aromatic carbocycles. The lowest BCUT2D eigenvalue weighted by Gasteiger charge is -2.26. The van der Waals surface area contributed by atoms with Crippen LogP contribution in [0.4, 0.5) is 0 Å². The number of fused-ring (bicyclic) bond motifs is 1. The fourth-order valence-corrected chi connectivity index (χ4v) is 3.10. The van der Waals surface area contributed by atoms with Gasteiger partial charge >= 0.3 is 0 Å². The monoisotopic (exact) mass is 212 g/mol. The molecule has 3 unspecified atom stereocenters. The van der Waals surface area contributed by atoms with Crippen LogP contribution in [0.15, 0.2) is 30.3 Å². The fourth-order valence-electron chi connectivity index (χ4n) is 3.10. The molecule has 2 aliphatic rings. The first-order chi connectivity index (χ1) is 7.76. The van der Waals surface area contributed by atoms with E-state index in [0.29, 0.717) is 12.0 Å². The molecule has 1 saturated carbocycles. The molecule has 16 heavy (non-hydrogen) atoms. The van der Waals surface area contributed by atoms with Crippen LogP contribution in [0.1, 0.15) is 18.9 Å². The Balaban J connectivity index is 1.74. The van der Waals surface area contributed by atoms with Crippen molar-refractivity contribution in [1.29, 1.82) is 5.26 Å². The molecule has 1 heterocycles. The van der Waals surface area contributed by atoms with Crippen LogP contribution < -0.4 is 0 Å². The largest absolute Gasteiger partial charge is 0.294 e. The highest BCUT2D eigenvalue weighted by molar-refractivity contribution is 5.26. The van der Waals surface area contributed by atoms with Crippen molar-refractivity contribution in [3.63, 3.8) is 0 Å². The van der Waals surface area contributed by atoms with E-state index in [-0.39, 0.29) is 5.41 Å². The Kier molecular flexibility index (Phi) is 2.05. The van der Waals surface area contributed by atoms with E-state index in [0.717, 1.165) is 19.5 Å². The summed E-state index contributed by atoms with van der Waals surface area (Å²) in [6, 6.07) is 13.5. The number of rotatable bonds is 2. The third kappa shape index (κ3) is 1.28. The Morgan fingerprint density at radius 1 is 1.44 bits per heavy atom. The standard InChI is InChI=1S/C14H16N2/c1-11-14(10-15)7-13(14)9-16(11)8-12-5-3-2-4-6-12/h2-6,11,13H,7-9H2,1H3. The summed E-state index contributed by atoms with van der Waals surface area (Å²) in [5, 5.41) is 9.24. The van der Waals surface area contributed by atoms with Gasteiger partial charge in [0.05, 0.1) is 11.5 Å². The Bertz CT molecular complexity index is 434. The van der Waals surface area contributed by atoms with Crippen LogP contribution >= 0.6 is 0 Å². The maximum absolute atomic E-state index is 9.24. The van der Waals surface area contributed by atoms with E-state index in [1.807, 2.05) is 6.07 Å². The van der Waals surface area contributed by atoms with Crippen LogP contribution in [0.25, 0.3) is 0 Å². The van der Waals surface area contributed by atoms with Crippen molar-refractivity contribution in [2.45, 2.75) is 25.9 Å². The van der Waals surface area contributed by atoms with Crippen LogP contribution in [0, 0.1) is 22.7 Å². The van der Waals surface area contributed by atoms with Gasteiger partial charge in [-0.15, -0.1) is 0 Å². The summed E-state index contributed by atoms with van der Waals surface area (Å²) in [4.78, 5) is 2.45. The van der Waals surface area contributed by atoms with Crippen LogP contribution in [0.5, 0.6) is 0 Å². The number of hydrogen-bond acceptors (Lipinski definition) is 2. The summed E-state index contributed by atoms with van der Waals surface area (Å²) in [6.07, 6.45) is 1.12. The summed E-state index contributed by atoms with van der Waals surface area (Å²) in [7, 11) is 0. The van der Waals surface area contributed by atoms with Crippen molar-refractivity contribution >= 4 is 0 Å². The SMILES string of the molecule is CC1N(Cc2ccccc2)CC2CC21C#N. The molecule has 2 nitrogen and oxygen atoms in total. The van der Waals surface area contributed by atoms with E-state index in [1.165, 1.54) is 5.56 Å². The minimum atomic E-state index is -0.00518. The van der Waals surface area contributed by atoms with Gasteiger partial charge in [-0.3, -0.25) is 4.90 Å². The topological polar surface area (TPSA) is 27.0 Å². The maximum Gasteiger partial charge on any atom is 0.0770 e. The van der Waals surface area contributed by atoms with Gasteiger partial charge in [0.2, 0.25) is 0 Å². The van der Waals surface area contributed by atoms with Gasteiger partial charge in [-0.1, -0.05) is 30.3 Å². The molecule has 0 radical (unpaired) electrons. The molecule has 1 saturated heterocycles. The molecule has 1 aliphatic carbocycles. The lowest BCUT2D eigenvalue weighted by Crippen LogP contribution is -2.33. The van der Waals surface area contributed by atoms with Gasteiger partial charge in [0.15, 0.2) is 0 Å². The molecule has 0 bridgehead atoms. The number of nitrogens with zero attached hydrogens (tertiary/aromatic N) is 2. The second-order valence-electron chi connectivity index (χ2n) is 5.14. The van der Waals surface area contributed by atoms with Gasteiger partial charge in [0.1, 0.15) is 0 Å². The van der Waals surface area contributed by atoms with Crippen LogP contribution in [-0.4, -0.2) is 17.5 Å². The summed E-state index contributed by atoms with van der Waals surface area (Å²) in [5.74, 6) is 0.635. The summed E-state index contributed by atoms with van der Waals surface area (Å²) >= 11 is 0. The zero-order valence-corrected chi connectivity index (χ0v) is 9.56. The Morgan fingerprint density at radius 2 is 2.19 bits per heavy atom. The van der Waals surface area contributed by atoms with Gasteiger partial charge < -0.3 is 0 Å². The normalized spacial score (nSPS) is 36.8. The smallest absolute Gasteiger partial charge is 0.0770 e. The van der Waals surface area contributed by atoms with E-state index in [9.17, 15) is 5.26 Å². The molecule has 2 fully saturated rings. The molecular weight excluding hydrogens is 196 g/mol. The lowest BCUT2D eigenvalue weighted by molar-refractivity contribution is 0.209. The van der Waals surface area contributed by atoms with Crippen molar-refractivity contribution in [2.24, 2.45) is 11.3 Å². The van der Waals surface area contributed by atoms with Gasteiger partial charge in [-0.25, -0.2) is 0 Å². The Labute approximate surface area is 96.5 Å². The second kappa shape index (κ2) is 3.33. The zero-order chi connectivity index (χ0) is 11.2. The average molecular weight is 212 g/mol. The Hall–Kier alpha value is -1.33. The van der Waals surface area contributed by atoms with Gasteiger partial charge in [-0.05, 0) is 24.8 Å². The summed E-state index contributed by atoms with van der Waals surface area (Å²) in [5.41, 5.74) is 1.35. The third-order valence-corrected chi connectivity index (χ3v) is 4.34. The van der Waals surface area contributed by atoms with Crippen LogP contribution in [0.2, 0.25) is 0 Å². The van der Waals surface area contributed by atoms with Crippen molar-refractivity contribution < 1.29 is 0 Å². The van der Waals surface area contributed by atoms with Gasteiger partial charge in [-0.2, -0.15) is 5.26 Å². The molecule has 0 N–H and O–H groups in total. The predicted molar refractivity (Wildman–Crippen MR) is 62.5 cm³/mol. The molecule has 0 amide bonds. The quantitative estimate of drug-likeness (QED) is 0.752. The van der Waals surface area contributed by atoms with E-state index >= 15 is 0 Å². The minimum Gasteiger partial charge on any atom is -0.294 e. The van der Waals surface area contributed by atoms with Crippen molar-refractivity contribution in [3.05, 3.63) is 35.9 Å². The van der Waals surface area contributed by atoms with Crippen LogP contribution in [-0.2, 0) is 6.54 Å². The minimum absolute atomic E-state index is 0.00518. The van der Waals surface area contributed by atoms with E-state index < -0.39 is 0 Å². The first-order valence-electron chi connectivity index (χ1n) is 5.95. The number of benzene rings is 1. The highest BCUT2D eigenvalue weighted by Gasteiger charge is 2.64. The van der Waals surface area contributed by atoms with E-state index in [1.54, 1.807) is 0 Å². The average Bonchev–Trinajstić information content (AvgIpc) is 2.97. The van der Waals surface area contributed by atoms with Gasteiger partial charge in [0.25, 0.3) is 0 Å². The van der Waals surface area contributed by atoms with Gasteiger partial charge in [0, 0.05) is 19.1 Å². The number of likely N-dealkylation sites (tertiary alicyclic amines) is 1. The van der Waals surface area contributed by atoms with Crippen molar-refractivity contribution in [3.8, 4) is 6.07 Å². The molecule has 82 valence electrons. The van der Waals surface area contributed by atoms with Crippen molar-refractivity contribution in [2.75, 3.05) is 6.54 Å².